The van der Waals surface area contributed by atoms with E-state index in [1.807, 2.05) is 24.5 Å². The van der Waals surface area contributed by atoms with E-state index in [2.05, 4.69) is 131 Å². The summed E-state index contributed by atoms with van der Waals surface area (Å²) in [6.07, 6.45) is 3.79. The molecule has 0 fully saturated rings. The van der Waals surface area contributed by atoms with Crippen LogP contribution in [0.15, 0.2) is 122 Å². The molecule has 0 aliphatic rings. The van der Waals surface area contributed by atoms with Gasteiger partial charge in [0, 0.05) is 38.9 Å². The molecule has 198 valence electrons. The Morgan fingerprint density at radius 2 is 1.12 bits per heavy atom. The first-order valence-corrected chi connectivity index (χ1v) is 14.1. The topological polar surface area (TPSA) is 46.5 Å². The van der Waals surface area contributed by atoms with Crippen LogP contribution >= 0.6 is 0 Å². The Kier molecular flexibility index (Phi) is 5.29. The first-order valence-electron chi connectivity index (χ1n) is 14.1. The minimum absolute atomic E-state index is 0.617. The van der Waals surface area contributed by atoms with Gasteiger partial charge in [-0.2, -0.15) is 5.26 Å². The van der Waals surface area contributed by atoms with Gasteiger partial charge in [0.2, 0.25) is 0 Å². The predicted octanol–water partition coefficient (Wildman–Crippen LogP) is 9.43. The van der Waals surface area contributed by atoms with E-state index in [4.69, 9.17) is 0 Å². The summed E-state index contributed by atoms with van der Waals surface area (Å²) in [7, 11) is 0. The van der Waals surface area contributed by atoms with Crippen molar-refractivity contribution in [3.63, 3.8) is 0 Å². The van der Waals surface area contributed by atoms with Gasteiger partial charge in [0.25, 0.3) is 0 Å². The zero-order valence-electron chi connectivity index (χ0n) is 23.3. The number of fused-ring (bicyclic) bond motifs is 6. The number of aryl methyl sites for hydroxylation is 2. The third kappa shape index (κ3) is 3.51. The second kappa shape index (κ2) is 9.19. The zero-order valence-corrected chi connectivity index (χ0v) is 23.3. The van der Waals surface area contributed by atoms with Gasteiger partial charge in [0.05, 0.1) is 51.3 Å². The SMILES string of the molecule is Cc1ccc2c(c1)c1ccccc1n2-c1ccc(C#N)cc1-c1ccncc1-n1c2ccccc2c2cc(C)ccc21. The number of rotatable bonds is 3. The van der Waals surface area contributed by atoms with Crippen molar-refractivity contribution in [2.24, 2.45) is 0 Å². The van der Waals surface area contributed by atoms with Crippen LogP contribution in [-0.2, 0) is 0 Å². The molecule has 0 saturated heterocycles. The van der Waals surface area contributed by atoms with E-state index in [1.165, 1.54) is 32.7 Å². The highest BCUT2D eigenvalue weighted by Gasteiger charge is 2.20. The van der Waals surface area contributed by atoms with E-state index in [9.17, 15) is 5.26 Å². The van der Waals surface area contributed by atoms with Crippen molar-refractivity contribution in [3.05, 3.63) is 138 Å². The lowest BCUT2D eigenvalue weighted by Gasteiger charge is -2.18. The van der Waals surface area contributed by atoms with Crippen LogP contribution < -0.4 is 0 Å². The molecule has 0 aliphatic carbocycles. The van der Waals surface area contributed by atoms with Crippen LogP contribution in [0, 0.1) is 25.2 Å². The predicted molar refractivity (Wildman–Crippen MR) is 173 cm³/mol. The van der Waals surface area contributed by atoms with E-state index < -0.39 is 0 Å². The number of hydrogen-bond acceptors (Lipinski definition) is 2. The van der Waals surface area contributed by atoms with E-state index in [-0.39, 0.29) is 0 Å². The normalized spacial score (nSPS) is 11.5. The molecule has 0 atom stereocenters. The maximum atomic E-state index is 9.99. The Morgan fingerprint density at radius 1 is 0.548 bits per heavy atom. The van der Waals surface area contributed by atoms with Crippen molar-refractivity contribution in [2.45, 2.75) is 13.8 Å². The smallest absolute Gasteiger partial charge is 0.0991 e. The molecule has 0 radical (unpaired) electrons. The molecule has 0 spiro atoms. The number of pyridine rings is 1. The van der Waals surface area contributed by atoms with Crippen molar-refractivity contribution < 1.29 is 0 Å². The summed E-state index contributed by atoms with van der Waals surface area (Å²) in [6, 6.07) is 40.8. The third-order valence-corrected chi connectivity index (χ3v) is 8.35. The summed E-state index contributed by atoms with van der Waals surface area (Å²) in [4.78, 5) is 4.61. The van der Waals surface area contributed by atoms with Gasteiger partial charge in [-0.05, 0) is 74.5 Å². The Hall–Kier alpha value is -5.66. The summed E-state index contributed by atoms with van der Waals surface area (Å²) >= 11 is 0. The molecule has 42 heavy (non-hydrogen) atoms. The molecule has 4 heteroatoms. The van der Waals surface area contributed by atoms with Crippen LogP contribution in [0.5, 0.6) is 0 Å². The molecule has 8 rings (SSSR count). The second-order valence-corrected chi connectivity index (χ2v) is 11.0. The molecule has 5 aromatic carbocycles. The average molecular weight is 539 g/mol. The van der Waals surface area contributed by atoms with Crippen LogP contribution in [0.4, 0.5) is 0 Å². The Balaban J connectivity index is 1.49. The van der Waals surface area contributed by atoms with Gasteiger partial charge in [0.15, 0.2) is 0 Å². The highest BCUT2D eigenvalue weighted by atomic mass is 15.0. The molecule has 0 aliphatic heterocycles. The summed E-state index contributed by atoms with van der Waals surface area (Å²) < 4.78 is 4.64. The number of aromatic nitrogens is 3. The lowest BCUT2D eigenvalue weighted by Crippen LogP contribution is -2.02. The summed E-state index contributed by atoms with van der Waals surface area (Å²) in [5.74, 6) is 0. The van der Waals surface area contributed by atoms with Gasteiger partial charge in [-0.3, -0.25) is 4.98 Å². The molecule has 3 heterocycles. The van der Waals surface area contributed by atoms with E-state index in [0.717, 1.165) is 44.6 Å². The average Bonchev–Trinajstić information content (AvgIpc) is 3.53. The standard InChI is InChI=1S/C38H26N4/c1-24-11-14-35-30(19-24)27-7-3-5-9-33(27)41(35)37-16-13-26(22-39)21-32(37)29-17-18-40-23-38(29)42-34-10-6-4-8-28(34)31-20-25(2)12-15-36(31)42/h3-21,23H,1-2H3. The number of nitriles is 1. The molecule has 0 bridgehead atoms. The van der Waals surface area contributed by atoms with Crippen LogP contribution in [0.25, 0.3) is 66.1 Å². The second-order valence-electron chi connectivity index (χ2n) is 11.0. The van der Waals surface area contributed by atoms with Gasteiger partial charge in [-0.1, -0.05) is 59.7 Å². The minimum atomic E-state index is 0.617. The van der Waals surface area contributed by atoms with Gasteiger partial charge in [-0.25, -0.2) is 0 Å². The van der Waals surface area contributed by atoms with E-state index in [1.54, 1.807) is 0 Å². The van der Waals surface area contributed by atoms with E-state index >= 15 is 0 Å². The van der Waals surface area contributed by atoms with Crippen molar-refractivity contribution >= 4 is 43.6 Å². The molecular formula is C38H26N4. The monoisotopic (exact) mass is 538 g/mol. The van der Waals surface area contributed by atoms with Gasteiger partial charge < -0.3 is 9.13 Å². The van der Waals surface area contributed by atoms with Gasteiger partial charge in [0.1, 0.15) is 0 Å². The number of benzene rings is 5. The quantitative estimate of drug-likeness (QED) is 0.225. The first-order chi connectivity index (χ1) is 20.6. The Morgan fingerprint density at radius 3 is 1.74 bits per heavy atom. The van der Waals surface area contributed by atoms with Crippen LogP contribution in [0.3, 0.4) is 0 Å². The molecule has 0 N–H and O–H groups in total. The lowest BCUT2D eigenvalue weighted by molar-refractivity contribution is 1.13. The van der Waals surface area contributed by atoms with Gasteiger partial charge >= 0.3 is 0 Å². The maximum Gasteiger partial charge on any atom is 0.0991 e. The number of hydrogen-bond donors (Lipinski definition) is 0. The van der Waals surface area contributed by atoms with E-state index in [0.29, 0.717) is 5.56 Å². The van der Waals surface area contributed by atoms with Crippen molar-refractivity contribution in [2.75, 3.05) is 0 Å². The van der Waals surface area contributed by atoms with Crippen LogP contribution in [-0.4, -0.2) is 14.1 Å². The largest absolute Gasteiger partial charge is 0.309 e. The van der Waals surface area contributed by atoms with Crippen LogP contribution in [0.2, 0.25) is 0 Å². The fourth-order valence-corrected chi connectivity index (χ4v) is 6.50. The summed E-state index contributed by atoms with van der Waals surface area (Å²) in [5.41, 5.74) is 11.6. The summed E-state index contributed by atoms with van der Waals surface area (Å²) in [6.45, 7) is 4.27. The molecule has 3 aromatic heterocycles. The Bertz CT molecular complexity index is 2400. The van der Waals surface area contributed by atoms with Crippen molar-refractivity contribution in [1.82, 2.24) is 14.1 Å². The van der Waals surface area contributed by atoms with Crippen molar-refractivity contribution in [1.29, 1.82) is 5.26 Å². The molecule has 4 nitrogen and oxygen atoms in total. The van der Waals surface area contributed by atoms with Crippen LogP contribution in [0.1, 0.15) is 16.7 Å². The molecule has 0 unspecified atom stereocenters. The number of para-hydroxylation sites is 2. The third-order valence-electron chi connectivity index (χ3n) is 8.35. The minimum Gasteiger partial charge on any atom is -0.309 e. The molecular weight excluding hydrogens is 512 g/mol. The molecule has 0 amide bonds. The fraction of sp³-hybridized carbons (Fsp3) is 0.0526. The highest BCUT2D eigenvalue weighted by molar-refractivity contribution is 6.11. The molecule has 0 saturated carbocycles. The fourth-order valence-electron chi connectivity index (χ4n) is 6.50. The van der Waals surface area contributed by atoms with Crippen molar-refractivity contribution in [3.8, 4) is 28.6 Å². The molecule has 8 aromatic rings. The number of nitrogens with zero attached hydrogens (tertiary/aromatic N) is 4. The first kappa shape index (κ1) is 24.2. The summed E-state index contributed by atoms with van der Waals surface area (Å²) in [5, 5.41) is 14.8. The van der Waals surface area contributed by atoms with Gasteiger partial charge in [-0.15, -0.1) is 0 Å². The zero-order chi connectivity index (χ0) is 28.4. The Labute approximate surface area is 243 Å². The highest BCUT2D eigenvalue weighted by Crippen LogP contribution is 2.40. The lowest BCUT2D eigenvalue weighted by atomic mass is 10.00. The maximum absolute atomic E-state index is 9.99.